The van der Waals surface area contributed by atoms with Gasteiger partial charge >= 0.3 is 5.97 Å². The maximum Gasteiger partial charge on any atom is 0.307 e. The quantitative estimate of drug-likeness (QED) is 0.351. The number of ether oxygens (including phenoxy) is 1. The summed E-state index contributed by atoms with van der Waals surface area (Å²) < 4.78 is 6.86. The summed E-state index contributed by atoms with van der Waals surface area (Å²) in [5.74, 6) is -0.538. The molecule has 0 N–H and O–H groups in total. The summed E-state index contributed by atoms with van der Waals surface area (Å²) in [6.45, 7) is 5.22. The number of hydrogen-bond acceptors (Lipinski definition) is 6. The molecule has 0 atom stereocenters. The molecule has 8 nitrogen and oxygen atoms in total. The molecule has 174 valence electrons. The smallest absolute Gasteiger partial charge is 0.307 e. The Hall–Kier alpha value is -4.07. The van der Waals surface area contributed by atoms with Crippen LogP contribution in [0.4, 0.5) is 0 Å². The van der Waals surface area contributed by atoms with Crippen LogP contribution in [0.1, 0.15) is 36.2 Å². The van der Waals surface area contributed by atoms with Crippen LogP contribution >= 0.6 is 0 Å². The zero-order valence-corrected chi connectivity index (χ0v) is 19.3. The van der Waals surface area contributed by atoms with Crippen molar-refractivity contribution in [2.75, 3.05) is 13.2 Å². The van der Waals surface area contributed by atoms with Gasteiger partial charge in [0.15, 0.2) is 5.65 Å². The fraction of sp³-hybridized carbons (Fsp3) is 0.269. The fourth-order valence-corrected chi connectivity index (χ4v) is 3.81. The number of aryl methyl sites for hydroxylation is 1. The van der Waals surface area contributed by atoms with Crippen LogP contribution in [0.2, 0.25) is 0 Å². The molecule has 0 radical (unpaired) electrons. The van der Waals surface area contributed by atoms with Gasteiger partial charge in [-0.1, -0.05) is 36.4 Å². The number of fused-ring (bicyclic) bond motifs is 1. The second-order valence-corrected chi connectivity index (χ2v) is 7.76. The van der Waals surface area contributed by atoms with Crippen LogP contribution in [0.15, 0.2) is 67.1 Å². The van der Waals surface area contributed by atoms with E-state index in [4.69, 9.17) is 9.72 Å². The molecule has 4 rings (SSSR count). The third kappa shape index (κ3) is 5.11. The van der Waals surface area contributed by atoms with Crippen molar-refractivity contribution in [2.45, 2.75) is 33.4 Å². The van der Waals surface area contributed by atoms with Crippen molar-refractivity contribution < 1.29 is 14.3 Å². The lowest BCUT2D eigenvalue weighted by Gasteiger charge is -2.23. The minimum atomic E-state index is -0.338. The normalized spacial score (nSPS) is 10.9. The lowest BCUT2D eigenvalue weighted by Crippen LogP contribution is -2.33. The lowest BCUT2D eigenvalue weighted by molar-refractivity contribution is -0.143. The van der Waals surface area contributed by atoms with E-state index in [1.165, 1.54) is 0 Å². The molecule has 0 aliphatic heterocycles. The highest BCUT2D eigenvalue weighted by Gasteiger charge is 2.23. The van der Waals surface area contributed by atoms with Crippen LogP contribution in [0.3, 0.4) is 0 Å². The molecule has 1 aromatic carbocycles. The number of amides is 1. The van der Waals surface area contributed by atoms with Gasteiger partial charge in [-0.15, -0.1) is 0 Å². The minimum Gasteiger partial charge on any atom is -0.466 e. The van der Waals surface area contributed by atoms with Crippen molar-refractivity contribution in [1.82, 2.24) is 24.6 Å². The molecular weight excluding hydrogens is 430 g/mol. The van der Waals surface area contributed by atoms with Crippen LogP contribution < -0.4 is 0 Å². The molecule has 3 aromatic heterocycles. The summed E-state index contributed by atoms with van der Waals surface area (Å²) in [6, 6.07) is 15.3. The molecule has 4 aromatic rings. The van der Waals surface area contributed by atoms with Crippen molar-refractivity contribution in [3.05, 3.63) is 78.2 Å². The van der Waals surface area contributed by atoms with Gasteiger partial charge in [-0.25, -0.2) is 9.67 Å². The second-order valence-electron chi connectivity index (χ2n) is 7.76. The zero-order chi connectivity index (χ0) is 23.9. The Morgan fingerprint density at radius 1 is 1.06 bits per heavy atom. The van der Waals surface area contributed by atoms with Crippen LogP contribution in [-0.4, -0.2) is 49.7 Å². The van der Waals surface area contributed by atoms with E-state index in [1.807, 2.05) is 55.5 Å². The topological polar surface area (TPSA) is 90.2 Å². The summed E-state index contributed by atoms with van der Waals surface area (Å²) in [5.41, 5.74) is 3.62. The van der Waals surface area contributed by atoms with Gasteiger partial charge < -0.3 is 9.64 Å². The second kappa shape index (κ2) is 10.7. The van der Waals surface area contributed by atoms with Crippen LogP contribution in [0.5, 0.6) is 0 Å². The van der Waals surface area contributed by atoms with Gasteiger partial charge in [0.25, 0.3) is 5.91 Å². The first kappa shape index (κ1) is 23.1. The number of hydrogen-bond donors (Lipinski definition) is 0. The molecular formula is C26H27N5O3. The lowest BCUT2D eigenvalue weighted by atomic mass is 10.1. The molecule has 3 heterocycles. The van der Waals surface area contributed by atoms with Gasteiger partial charge in [-0.05, 0) is 31.5 Å². The van der Waals surface area contributed by atoms with Crippen molar-refractivity contribution in [3.8, 4) is 11.3 Å². The molecule has 0 saturated heterocycles. The Labute approximate surface area is 198 Å². The van der Waals surface area contributed by atoms with E-state index in [2.05, 4.69) is 10.1 Å². The van der Waals surface area contributed by atoms with Crippen molar-refractivity contribution in [3.63, 3.8) is 0 Å². The van der Waals surface area contributed by atoms with E-state index in [1.54, 1.807) is 35.1 Å². The number of benzene rings is 1. The van der Waals surface area contributed by atoms with Gasteiger partial charge in [-0.3, -0.25) is 14.6 Å². The zero-order valence-electron chi connectivity index (χ0n) is 19.3. The number of rotatable bonds is 9. The molecule has 34 heavy (non-hydrogen) atoms. The number of aromatic nitrogens is 4. The first-order valence-corrected chi connectivity index (χ1v) is 11.4. The first-order valence-electron chi connectivity index (χ1n) is 11.4. The molecule has 0 aliphatic carbocycles. The molecule has 0 saturated carbocycles. The summed E-state index contributed by atoms with van der Waals surface area (Å²) in [4.78, 5) is 36.6. The minimum absolute atomic E-state index is 0.105. The molecule has 0 unspecified atom stereocenters. The molecule has 0 fully saturated rings. The van der Waals surface area contributed by atoms with Gasteiger partial charge in [0, 0.05) is 37.6 Å². The molecule has 0 aliphatic rings. The van der Waals surface area contributed by atoms with Crippen LogP contribution in [-0.2, 0) is 22.6 Å². The Kier molecular flexibility index (Phi) is 7.27. The van der Waals surface area contributed by atoms with E-state index in [-0.39, 0.29) is 24.8 Å². The standard InChI is InChI=1S/C26H27N5O3/c1-3-31-25-22(17-28-31)21(15-23(29-25)20-10-6-5-7-11-20)26(33)30(14-12-24(32)34-4-2)18-19-9-8-13-27-16-19/h5-11,13,15-17H,3-4,12,14,18H2,1-2H3. The van der Waals surface area contributed by atoms with E-state index < -0.39 is 0 Å². The molecule has 1 amide bonds. The van der Waals surface area contributed by atoms with Gasteiger partial charge in [0.05, 0.1) is 35.9 Å². The average molecular weight is 458 g/mol. The maximum atomic E-state index is 13.9. The fourth-order valence-electron chi connectivity index (χ4n) is 3.81. The Morgan fingerprint density at radius 3 is 2.59 bits per heavy atom. The number of nitrogens with zero attached hydrogens (tertiary/aromatic N) is 5. The molecule has 8 heteroatoms. The van der Waals surface area contributed by atoms with Crippen molar-refractivity contribution in [2.24, 2.45) is 0 Å². The predicted octanol–water partition coefficient (Wildman–Crippen LogP) is 4.11. The van der Waals surface area contributed by atoms with E-state index in [0.29, 0.717) is 42.0 Å². The van der Waals surface area contributed by atoms with Gasteiger partial charge in [0.1, 0.15) is 0 Å². The largest absolute Gasteiger partial charge is 0.466 e. The first-order chi connectivity index (χ1) is 16.6. The Bertz CT molecular complexity index is 1270. The molecule has 0 spiro atoms. The third-order valence-corrected chi connectivity index (χ3v) is 5.48. The van der Waals surface area contributed by atoms with E-state index >= 15 is 0 Å². The third-order valence-electron chi connectivity index (χ3n) is 5.48. The number of pyridine rings is 2. The van der Waals surface area contributed by atoms with E-state index in [9.17, 15) is 9.59 Å². The summed E-state index contributed by atoms with van der Waals surface area (Å²) in [6.07, 6.45) is 5.19. The highest BCUT2D eigenvalue weighted by atomic mass is 16.5. The maximum absolute atomic E-state index is 13.9. The summed E-state index contributed by atoms with van der Waals surface area (Å²) in [5, 5.41) is 5.11. The van der Waals surface area contributed by atoms with Crippen LogP contribution in [0, 0.1) is 0 Å². The number of esters is 1. The van der Waals surface area contributed by atoms with E-state index in [0.717, 1.165) is 11.1 Å². The van der Waals surface area contributed by atoms with Gasteiger partial charge in [-0.2, -0.15) is 5.10 Å². The van der Waals surface area contributed by atoms with Crippen LogP contribution in [0.25, 0.3) is 22.3 Å². The van der Waals surface area contributed by atoms with Gasteiger partial charge in [0.2, 0.25) is 0 Å². The number of carbonyl (C=O) groups is 2. The van der Waals surface area contributed by atoms with Crippen molar-refractivity contribution >= 4 is 22.9 Å². The molecule has 0 bridgehead atoms. The number of carbonyl (C=O) groups excluding carboxylic acids is 2. The average Bonchev–Trinajstić information content (AvgIpc) is 3.30. The predicted molar refractivity (Wildman–Crippen MR) is 129 cm³/mol. The Morgan fingerprint density at radius 2 is 1.88 bits per heavy atom. The highest BCUT2D eigenvalue weighted by molar-refractivity contribution is 6.06. The Balaban J connectivity index is 1.76. The SMILES string of the molecule is CCOC(=O)CCN(Cc1cccnc1)C(=O)c1cc(-c2ccccc2)nc2c1cnn2CC. The monoisotopic (exact) mass is 457 g/mol. The summed E-state index contributed by atoms with van der Waals surface area (Å²) in [7, 11) is 0. The summed E-state index contributed by atoms with van der Waals surface area (Å²) >= 11 is 0. The van der Waals surface area contributed by atoms with Crippen molar-refractivity contribution in [1.29, 1.82) is 0 Å². The highest BCUT2D eigenvalue weighted by Crippen LogP contribution is 2.26.